The molecule has 0 heterocycles. The lowest BCUT2D eigenvalue weighted by molar-refractivity contribution is 0.0696. The SMILES string of the molecule is COc1cc(C(=O)O)ccc1Nc1cc(C(C)(C)C)ccc1O. The molecule has 0 bridgehead atoms. The van der Waals surface area contributed by atoms with E-state index in [1.807, 2.05) is 12.1 Å². The number of rotatable bonds is 4. The minimum absolute atomic E-state index is 0.0542. The standard InChI is InChI=1S/C18H21NO4/c1-18(2,3)12-6-8-15(20)14(10-12)19-13-7-5-11(17(21)22)9-16(13)23-4/h5-10,19-20H,1-4H3,(H,21,22). The van der Waals surface area contributed by atoms with Crippen LogP contribution in [-0.4, -0.2) is 23.3 Å². The van der Waals surface area contributed by atoms with E-state index in [4.69, 9.17) is 9.84 Å². The first-order chi connectivity index (χ1) is 10.7. The number of aromatic carboxylic acids is 1. The van der Waals surface area contributed by atoms with Crippen LogP contribution in [0.4, 0.5) is 11.4 Å². The molecule has 0 amide bonds. The highest BCUT2D eigenvalue weighted by molar-refractivity contribution is 5.89. The number of hydrogen-bond acceptors (Lipinski definition) is 4. The number of phenols is 1. The number of ether oxygens (including phenoxy) is 1. The molecule has 0 aliphatic rings. The van der Waals surface area contributed by atoms with Gasteiger partial charge in [-0.25, -0.2) is 4.79 Å². The average molecular weight is 315 g/mol. The molecule has 0 aliphatic heterocycles. The van der Waals surface area contributed by atoms with Gasteiger partial charge in [-0.2, -0.15) is 0 Å². The van der Waals surface area contributed by atoms with Gasteiger partial charge in [-0.15, -0.1) is 0 Å². The number of benzene rings is 2. The summed E-state index contributed by atoms with van der Waals surface area (Å²) in [4.78, 5) is 11.0. The maximum absolute atomic E-state index is 11.0. The second-order valence-corrected chi connectivity index (χ2v) is 6.33. The summed E-state index contributed by atoms with van der Waals surface area (Å²) < 4.78 is 5.24. The van der Waals surface area contributed by atoms with E-state index in [9.17, 15) is 9.90 Å². The van der Waals surface area contributed by atoms with Crippen molar-refractivity contribution >= 4 is 17.3 Å². The van der Waals surface area contributed by atoms with Crippen LogP contribution in [0, 0.1) is 0 Å². The fourth-order valence-corrected chi connectivity index (χ4v) is 2.18. The lowest BCUT2D eigenvalue weighted by Gasteiger charge is -2.21. The molecule has 0 spiro atoms. The van der Waals surface area contributed by atoms with Crippen LogP contribution in [0.15, 0.2) is 36.4 Å². The number of carboxylic acid groups (broad SMARTS) is 1. The Balaban J connectivity index is 2.41. The predicted octanol–water partition coefficient (Wildman–Crippen LogP) is 4.14. The zero-order valence-electron chi connectivity index (χ0n) is 13.7. The van der Waals surface area contributed by atoms with Crippen LogP contribution in [-0.2, 0) is 5.41 Å². The van der Waals surface area contributed by atoms with E-state index in [2.05, 4.69) is 26.1 Å². The molecular weight excluding hydrogens is 294 g/mol. The second kappa shape index (κ2) is 6.20. The quantitative estimate of drug-likeness (QED) is 0.739. The Morgan fingerprint density at radius 1 is 1.09 bits per heavy atom. The lowest BCUT2D eigenvalue weighted by atomic mass is 9.87. The van der Waals surface area contributed by atoms with E-state index >= 15 is 0 Å². The van der Waals surface area contributed by atoms with Gasteiger partial charge in [-0.1, -0.05) is 26.8 Å². The Morgan fingerprint density at radius 2 is 1.78 bits per heavy atom. The van der Waals surface area contributed by atoms with Crippen molar-refractivity contribution in [2.24, 2.45) is 0 Å². The molecular formula is C18H21NO4. The number of aromatic hydroxyl groups is 1. The van der Waals surface area contributed by atoms with Gasteiger partial charge in [-0.3, -0.25) is 0 Å². The highest BCUT2D eigenvalue weighted by Gasteiger charge is 2.16. The molecule has 2 rings (SSSR count). The van der Waals surface area contributed by atoms with Gasteiger partial charge in [0.2, 0.25) is 0 Å². The van der Waals surface area contributed by atoms with Crippen LogP contribution < -0.4 is 10.1 Å². The van der Waals surface area contributed by atoms with Gasteiger partial charge >= 0.3 is 5.97 Å². The molecule has 0 unspecified atom stereocenters. The zero-order chi connectivity index (χ0) is 17.2. The Labute approximate surface area is 135 Å². The van der Waals surface area contributed by atoms with Gasteiger partial charge in [0.15, 0.2) is 0 Å². The van der Waals surface area contributed by atoms with Crippen LogP contribution in [0.3, 0.4) is 0 Å². The van der Waals surface area contributed by atoms with E-state index in [1.165, 1.54) is 19.2 Å². The van der Waals surface area contributed by atoms with E-state index < -0.39 is 5.97 Å². The van der Waals surface area contributed by atoms with Gasteiger partial charge in [-0.05, 0) is 41.3 Å². The maximum Gasteiger partial charge on any atom is 0.335 e. The molecule has 0 saturated heterocycles. The highest BCUT2D eigenvalue weighted by Crippen LogP contribution is 2.35. The number of methoxy groups -OCH3 is 1. The fourth-order valence-electron chi connectivity index (χ4n) is 2.18. The van der Waals surface area contributed by atoms with Crippen LogP contribution in [0.1, 0.15) is 36.7 Å². The Kier molecular flexibility index (Phi) is 4.50. The van der Waals surface area contributed by atoms with E-state index in [1.54, 1.807) is 12.1 Å². The summed E-state index contributed by atoms with van der Waals surface area (Å²) in [5, 5.41) is 22.2. The van der Waals surface area contributed by atoms with Crippen LogP contribution in [0.25, 0.3) is 0 Å². The normalized spacial score (nSPS) is 11.1. The Morgan fingerprint density at radius 3 is 2.35 bits per heavy atom. The number of carboxylic acids is 1. The third-order valence-electron chi connectivity index (χ3n) is 3.58. The van der Waals surface area contributed by atoms with Crippen molar-refractivity contribution in [3.63, 3.8) is 0 Å². The molecule has 0 atom stereocenters. The van der Waals surface area contributed by atoms with E-state index in [0.717, 1.165) is 5.56 Å². The summed E-state index contributed by atoms with van der Waals surface area (Å²) >= 11 is 0. The molecule has 23 heavy (non-hydrogen) atoms. The molecule has 0 saturated carbocycles. The maximum atomic E-state index is 11.0. The fraction of sp³-hybridized carbons (Fsp3) is 0.278. The van der Waals surface area contributed by atoms with Crippen molar-refractivity contribution in [1.29, 1.82) is 0 Å². The smallest absolute Gasteiger partial charge is 0.335 e. The number of phenolic OH excluding ortho intramolecular Hbond substituents is 1. The predicted molar refractivity (Wildman–Crippen MR) is 90.0 cm³/mol. The zero-order valence-corrected chi connectivity index (χ0v) is 13.7. The van der Waals surface area contributed by atoms with Crippen molar-refractivity contribution < 1.29 is 19.7 Å². The Hall–Kier alpha value is -2.69. The number of hydrogen-bond donors (Lipinski definition) is 3. The second-order valence-electron chi connectivity index (χ2n) is 6.33. The minimum atomic E-state index is -1.02. The summed E-state index contributed by atoms with van der Waals surface area (Å²) in [5.74, 6) is -0.514. The molecule has 0 aliphatic carbocycles. The lowest BCUT2D eigenvalue weighted by Crippen LogP contribution is -2.11. The molecule has 5 nitrogen and oxygen atoms in total. The van der Waals surface area contributed by atoms with Crippen molar-refractivity contribution in [3.05, 3.63) is 47.5 Å². The first kappa shape index (κ1) is 16.7. The molecule has 122 valence electrons. The number of carbonyl (C=O) groups is 1. The first-order valence-electron chi connectivity index (χ1n) is 7.24. The highest BCUT2D eigenvalue weighted by atomic mass is 16.5. The van der Waals surface area contributed by atoms with Crippen LogP contribution in [0.2, 0.25) is 0 Å². The number of nitrogens with one attached hydrogen (secondary N) is 1. The first-order valence-corrected chi connectivity index (χ1v) is 7.24. The average Bonchev–Trinajstić information content (AvgIpc) is 2.48. The molecule has 0 radical (unpaired) electrons. The monoisotopic (exact) mass is 315 g/mol. The van der Waals surface area contributed by atoms with Crippen LogP contribution >= 0.6 is 0 Å². The summed E-state index contributed by atoms with van der Waals surface area (Å²) in [6.07, 6.45) is 0. The largest absolute Gasteiger partial charge is 0.506 e. The van der Waals surface area contributed by atoms with Crippen molar-refractivity contribution in [2.75, 3.05) is 12.4 Å². The molecule has 3 N–H and O–H groups in total. The Bertz CT molecular complexity index is 732. The summed E-state index contributed by atoms with van der Waals surface area (Å²) in [5.41, 5.74) is 2.28. The van der Waals surface area contributed by atoms with Gasteiger partial charge in [0.25, 0.3) is 0 Å². The van der Waals surface area contributed by atoms with Gasteiger partial charge < -0.3 is 20.3 Å². The van der Waals surface area contributed by atoms with Gasteiger partial charge in [0.05, 0.1) is 24.0 Å². The topological polar surface area (TPSA) is 78.8 Å². The van der Waals surface area contributed by atoms with Crippen molar-refractivity contribution in [1.82, 2.24) is 0 Å². The summed E-state index contributed by atoms with van der Waals surface area (Å²) in [7, 11) is 1.47. The summed E-state index contributed by atoms with van der Waals surface area (Å²) in [6.45, 7) is 6.27. The third kappa shape index (κ3) is 3.74. The van der Waals surface area contributed by atoms with Gasteiger partial charge in [0.1, 0.15) is 11.5 Å². The summed E-state index contributed by atoms with van der Waals surface area (Å²) in [6, 6.07) is 9.94. The van der Waals surface area contributed by atoms with Crippen molar-refractivity contribution in [2.45, 2.75) is 26.2 Å². The van der Waals surface area contributed by atoms with Crippen LogP contribution in [0.5, 0.6) is 11.5 Å². The molecule has 0 fully saturated rings. The molecule has 5 heteroatoms. The third-order valence-corrected chi connectivity index (χ3v) is 3.58. The van der Waals surface area contributed by atoms with Gasteiger partial charge in [0, 0.05) is 0 Å². The molecule has 2 aromatic rings. The van der Waals surface area contributed by atoms with E-state index in [0.29, 0.717) is 17.1 Å². The minimum Gasteiger partial charge on any atom is -0.506 e. The number of anilines is 2. The molecule has 0 aromatic heterocycles. The van der Waals surface area contributed by atoms with Crippen molar-refractivity contribution in [3.8, 4) is 11.5 Å². The molecule has 2 aromatic carbocycles. The van der Waals surface area contributed by atoms with E-state index in [-0.39, 0.29) is 16.7 Å².